The van der Waals surface area contributed by atoms with Gasteiger partial charge < -0.3 is 15.3 Å². The van der Waals surface area contributed by atoms with E-state index >= 15 is 0 Å². The highest BCUT2D eigenvalue weighted by Gasteiger charge is 2.41. The fraction of sp³-hybridized carbons (Fsp3) is 0.500. The standard InChI is InChI=1S/C36H48O3/c1-7-23(4)30-19-26(12-15-33(30)37)27-11-10-18-36(22-27,28-13-16-34(38)31(20-28)24(5)8-2)29-14-17-35(39)32(21-29)25(6)9-3/h12-17,19-21,23-25,27,37-39H,7-11,18,22H2,1-6H3. The molecule has 4 atom stereocenters. The van der Waals surface area contributed by atoms with Crippen LogP contribution in [0.15, 0.2) is 54.6 Å². The lowest BCUT2D eigenvalue weighted by atomic mass is 9.60. The Labute approximate surface area is 235 Å². The van der Waals surface area contributed by atoms with Gasteiger partial charge in [-0.05, 0) is 114 Å². The maximum Gasteiger partial charge on any atom is 0.119 e. The second-order valence-electron chi connectivity index (χ2n) is 12.2. The van der Waals surface area contributed by atoms with Gasteiger partial charge in [0.15, 0.2) is 0 Å². The molecule has 0 aliphatic heterocycles. The summed E-state index contributed by atoms with van der Waals surface area (Å²) in [6, 6.07) is 18.8. The van der Waals surface area contributed by atoms with Gasteiger partial charge in [-0.25, -0.2) is 0 Å². The van der Waals surface area contributed by atoms with Crippen LogP contribution in [-0.2, 0) is 5.41 Å². The van der Waals surface area contributed by atoms with Gasteiger partial charge in [0.05, 0.1) is 0 Å². The van der Waals surface area contributed by atoms with Gasteiger partial charge in [0, 0.05) is 5.41 Å². The fourth-order valence-corrected chi connectivity index (χ4v) is 6.63. The molecule has 3 heteroatoms. The minimum absolute atomic E-state index is 0.233. The molecule has 0 spiro atoms. The average molecular weight is 529 g/mol. The lowest BCUT2D eigenvalue weighted by molar-refractivity contribution is 0.309. The van der Waals surface area contributed by atoms with Crippen LogP contribution >= 0.6 is 0 Å². The Morgan fingerprint density at radius 1 is 0.667 bits per heavy atom. The molecular weight excluding hydrogens is 480 g/mol. The van der Waals surface area contributed by atoms with E-state index in [-0.39, 0.29) is 17.3 Å². The minimum Gasteiger partial charge on any atom is -0.508 e. The first-order valence-corrected chi connectivity index (χ1v) is 15.1. The molecule has 1 aliphatic carbocycles. The molecule has 1 saturated carbocycles. The Hall–Kier alpha value is -2.94. The summed E-state index contributed by atoms with van der Waals surface area (Å²) in [5.41, 5.74) is 6.64. The van der Waals surface area contributed by atoms with Gasteiger partial charge in [-0.3, -0.25) is 0 Å². The van der Waals surface area contributed by atoms with Gasteiger partial charge in [-0.2, -0.15) is 0 Å². The Morgan fingerprint density at radius 2 is 1.10 bits per heavy atom. The van der Waals surface area contributed by atoms with Crippen molar-refractivity contribution in [3.63, 3.8) is 0 Å². The zero-order chi connectivity index (χ0) is 28.3. The third-order valence-corrected chi connectivity index (χ3v) is 9.86. The second-order valence-corrected chi connectivity index (χ2v) is 12.2. The summed E-state index contributed by atoms with van der Waals surface area (Å²) >= 11 is 0. The van der Waals surface area contributed by atoms with E-state index in [4.69, 9.17) is 0 Å². The van der Waals surface area contributed by atoms with Crippen molar-refractivity contribution in [2.45, 2.75) is 116 Å². The Morgan fingerprint density at radius 3 is 1.56 bits per heavy atom. The van der Waals surface area contributed by atoms with Crippen molar-refractivity contribution < 1.29 is 15.3 Å². The molecule has 4 unspecified atom stereocenters. The highest BCUT2D eigenvalue weighted by molar-refractivity contribution is 5.51. The number of hydrogen-bond donors (Lipinski definition) is 3. The van der Waals surface area contributed by atoms with Crippen LogP contribution in [0.5, 0.6) is 17.2 Å². The summed E-state index contributed by atoms with van der Waals surface area (Å²) in [6.07, 6.45) is 7.10. The monoisotopic (exact) mass is 528 g/mol. The summed E-state index contributed by atoms with van der Waals surface area (Å²) in [6.45, 7) is 13.1. The molecule has 3 N–H and O–H groups in total. The van der Waals surface area contributed by atoms with Crippen molar-refractivity contribution >= 4 is 0 Å². The average Bonchev–Trinajstić information content (AvgIpc) is 2.96. The van der Waals surface area contributed by atoms with E-state index in [9.17, 15) is 15.3 Å². The molecule has 0 aromatic heterocycles. The maximum atomic E-state index is 10.8. The minimum atomic E-state index is -0.233. The summed E-state index contributed by atoms with van der Waals surface area (Å²) in [5.74, 6) is 2.34. The summed E-state index contributed by atoms with van der Waals surface area (Å²) in [5, 5.41) is 32.2. The molecule has 1 aliphatic rings. The Balaban J connectivity index is 1.89. The van der Waals surface area contributed by atoms with Crippen molar-refractivity contribution in [3.8, 4) is 17.2 Å². The second kappa shape index (κ2) is 12.1. The van der Waals surface area contributed by atoms with Crippen LogP contribution in [0.2, 0.25) is 0 Å². The molecular formula is C36H48O3. The van der Waals surface area contributed by atoms with Crippen LogP contribution in [0.3, 0.4) is 0 Å². The quantitative estimate of drug-likeness (QED) is 0.259. The van der Waals surface area contributed by atoms with E-state index in [2.05, 4.69) is 77.9 Å². The largest absolute Gasteiger partial charge is 0.508 e. The lowest BCUT2D eigenvalue weighted by Gasteiger charge is -2.43. The molecule has 0 amide bonds. The van der Waals surface area contributed by atoms with Crippen molar-refractivity contribution in [2.75, 3.05) is 0 Å². The lowest BCUT2D eigenvalue weighted by Crippen LogP contribution is -2.34. The van der Waals surface area contributed by atoms with Crippen LogP contribution < -0.4 is 0 Å². The maximum absolute atomic E-state index is 10.8. The highest BCUT2D eigenvalue weighted by Crippen LogP contribution is 2.52. The Kier molecular flexibility index (Phi) is 8.99. The first kappa shape index (κ1) is 29.1. The number of phenols is 3. The number of benzene rings is 3. The third kappa shape index (κ3) is 5.69. The molecule has 0 radical (unpaired) electrons. The highest BCUT2D eigenvalue weighted by atomic mass is 16.3. The molecule has 3 nitrogen and oxygen atoms in total. The molecule has 1 fully saturated rings. The fourth-order valence-electron chi connectivity index (χ4n) is 6.63. The number of aromatic hydroxyl groups is 3. The van der Waals surface area contributed by atoms with Crippen molar-refractivity contribution in [1.82, 2.24) is 0 Å². The summed E-state index contributed by atoms with van der Waals surface area (Å²) < 4.78 is 0. The number of hydrogen-bond acceptors (Lipinski definition) is 3. The van der Waals surface area contributed by atoms with Crippen LogP contribution in [0.1, 0.15) is 144 Å². The predicted molar refractivity (Wildman–Crippen MR) is 162 cm³/mol. The van der Waals surface area contributed by atoms with Crippen LogP contribution in [0.25, 0.3) is 0 Å². The zero-order valence-corrected chi connectivity index (χ0v) is 24.8. The molecule has 3 aromatic carbocycles. The van der Waals surface area contributed by atoms with Crippen molar-refractivity contribution in [2.24, 2.45) is 0 Å². The van der Waals surface area contributed by atoms with Crippen molar-refractivity contribution in [3.05, 3.63) is 88.0 Å². The normalized spacial score (nSPS) is 21.8. The SMILES string of the molecule is CCC(C)c1cc(C2CCCC(c3ccc(O)c(C(C)CC)c3)(c3ccc(O)c(C(C)CC)c3)C2)ccc1O. The Bertz CT molecular complexity index is 1220. The van der Waals surface area contributed by atoms with Gasteiger partial charge in [0.2, 0.25) is 0 Å². The van der Waals surface area contributed by atoms with Gasteiger partial charge in [0.25, 0.3) is 0 Å². The van der Waals surface area contributed by atoms with Crippen LogP contribution in [-0.4, -0.2) is 15.3 Å². The van der Waals surface area contributed by atoms with E-state index in [0.29, 0.717) is 29.1 Å². The van der Waals surface area contributed by atoms with Crippen LogP contribution in [0, 0.1) is 0 Å². The molecule has 210 valence electrons. The molecule has 0 saturated heterocycles. The van der Waals surface area contributed by atoms with E-state index < -0.39 is 0 Å². The summed E-state index contributed by atoms with van der Waals surface area (Å²) in [4.78, 5) is 0. The number of rotatable bonds is 9. The van der Waals surface area contributed by atoms with E-state index in [0.717, 1.165) is 61.6 Å². The smallest absolute Gasteiger partial charge is 0.119 e. The van der Waals surface area contributed by atoms with E-state index in [1.54, 1.807) is 0 Å². The first-order chi connectivity index (χ1) is 18.6. The van der Waals surface area contributed by atoms with Crippen LogP contribution in [0.4, 0.5) is 0 Å². The molecule has 3 aromatic rings. The van der Waals surface area contributed by atoms with Gasteiger partial charge in [-0.15, -0.1) is 0 Å². The topological polar surface area (TPSA) is 60.7 Å². The molecule has 39 heavy (non-hydrogen) atoms. The summed E-state index contributed by atoms with van der Waals surface area (Å²) in [7, 11) is 0. The zero-order valence-electron chi connectivity index (χ0n) is 24.8. The predicted octanol–water partition coefficient (Wildman–Crippen LogP) is 9.99. The van der Waals surface area contributed by atoms with Crippen molar-refractivity contribution in [1.29, 1.82) is 0 Å². The number of phenolic OH excluding ortho intramolecular Hbond substituents is 3. The van der Waals surface area contributed by atoms with Gasteiger partial charge in [-0.1, -0.05) is 84.4 Å². The molecule has 0 bridgehead atoms. The molecule has 4 rings (SSSR count). The van der Waals surface area contributed by atoms with Gasteiger partial charge in [0.1, 0.15) is 17.2 Å². The van der Waals surface area contributed by atoms with E-state index in [1.165, 1.54) is 16.7 Å². The van der Waals surface area contributed by atoms with E-state index in [1.807, 2.05) is 18.2 Å². The van der Waals surface area contributed by atoms with Gasteiger partial charge >= 0.3 is 0 Å². The first-order valence-electron chi connectivity index (χ1n) is 15.1. The third-order valence-electron chi connectivity index (χ3n) is 9.86. The molecule has 0 heterocycles.